The molecule has 1 aromatic heterocycles. The van der Waals surface area contributed by atoms with E-state index in [0.29, 0.717) is 16.5 Å². The van der Waals surface area contributed by atoms with Crippen LogP contribution in [0.4, 0.5) is 0 Å². The van der Waals surface area contributed by atoms with Gasteiger partial charge in [0.2, 0.25) is 11.8 Å². The molecule has 31 heavy (non-hydrogen) atoms. The number of carbonyl (C=O) groups is 2. The zero-order valence-electron chi connectivity index (χ0n) is 18.3. The first-order chi connectivity index (χ1) is 14.6. The molecule has 2 unspecified atom stereocenters. The number of benzene rings is 1. The van der Waals surface area contributed by atoms with Gasteiger partial charge in [-0.15, -0.1) is 5.10 Å². The second-order valence-electron chi connectivity index (χ2n) is 8.71. The number of likely N-dealkylation sites (tertiary alicyclic amines) is 1. The van der Waals surface area contributed by atoms with Gasteiger partial charge in [-0.3, -0.25) is 9.59 Å². The third-order valence-electron chi connectivity index (χ3n) is 5.39. The fraction of sp³-hybridized carbons (Fsp3) is 0.524. The van der Waals surface area contributed by atoms with Gasteiger partial charge in [-0.05, 0) is 17.5 Å². The second kappa shape index (κ2) is 8.84. The number of aliphatic hydroxyl groups is 1. The van der Waals surface area contributed by atoms with Crippen LogP contribution in [0.15, 0.2) is 24.4 Å². The van der Waals surface area contributed by atoms with Crippen LogP contribution >= 0.6 is 11.6 Å². The zero-order chi connectivity index (χ0) is 22.9. The Kier molecular flexibility index (Phi) is 6.56. The van der Waals surface area contributed by atoms with Gasteiger partial charge in [0, 0.05) is 25.6 Å². The van der Waals surface area contributed by atoms with Gasteiger partial charge in [0.1, 0.15) is 23.5 Å². The number of amides is 2. The Morgan fingerprint density at radius 2 is 2.06 bits per heavy atom. The number of hydrogen-bond acceptors (Lipinski definition) is 6. The SMILES string of the molecule is CNC(=O)C1CC(O)CN1C(=O)[C@@H](n1cc(-c2ccc(Cl)c(OC)c2)nn1)C(C)(C)C. The number of aliphatic hydroxyl groups excluding tert-OH is 1. The average Bonchev–Trinajstić information content (AvgIpc) is 3.33. The van der Waals surface area contributed by atoms with Crippen LogP contribution in [-0.4, -0.2) is 69.7 Å². The number of likely N-dealkylation sites (N-methyl/N-ethyl adjacent to an activating group) is 1. The van der Waals surface area contributed by atoms with E-state index in [4.69, 9.17) is 16.3 Å². The highest BCUT2D eigenvalue weighted by atomic mass is 35.5. The van der Waals surface area contributed by atoms with Gasteiger partial charge in [0.15, 0.2) is 0 Å². The third-order valence-corrected chi connectivity index (χ3v) is 5.70. The minimum absolute atomic E-state index is 0.0967. The van der Waals surface area contributed by atoms with Crippen molar-refractivity contribution in [3.63, 3.8) is 0 Å². The number of nitrogens with one attached hydrogen (secondary N) is 1. The number of methoxy groups -OCH3 is 1. The van der Waals surface area contributed by atoms with Gasteiger partial charge in [0.05, 0.1) is 24.4 Å². The fourth-order valence-corrected chi connectivity index (χ4v) is 4.06. The predicted molar refractivity (Wildman–Crippen MR) is 116 cm³/mol. The quantitative estimate of drug-likeness (QED) is 0.721. The normalized spacial score (nSPS) is 19.9. The first kappa shape index (κ1) is 23.0. The number of halogens is 1. The van der Waals surface area contributed by atoms with E-state index in [1.165, 1.54) is 23.7 Å². The summed E-state index contributed by atoms with van der Waals surface area (Å²) in [6.45, 7) is 5.86. The summed E-state index contributed by atoms with van der Waals surface area (Å²) in [6.07, 6.45) is 1.15. The molecular formula is C21H28ClN5O4. The largest absolute Gasteiger partial charge is 0.495 e. The summed E-state index contributed by atoms with van der Waals surface area (Å²) in [5, 5.41) is 21.6. The molecule has 2 N–H and O–H groups in total. The first-order valence-corrected chi connectivity index (χ1v) is 10.4. The first-order valence-electron chi connectivity index (χ1n) is 10.0. The number of rotatable bonds is 5. The Labute approximate surface area is 186 Å². The molecule has 1 aromatic carbocycles. The van der Waals surface area contributed by atoms with Crippen molar-refractivity contribution in [3.8, 4) is 17.0 Å². The van der Waals surface area contributed by atoms with Crippen LogP contribution < -0.4 is 10.1 Å². The summed E-state index contributed by atoms with van der Waals surface area (Å²) in [5.74, 6) is -0.0791. The van der Waals surface area contributed by atoms with Crippen LogP contribution in [0, 0.1) is 5.41 Å². The molecule has 0 spiro atoms. The molecule has 10 heteroatoms. The maximum absolute atomic E-state index is 13.6. The number of nitrogens with zero attached hydrogens (tertiary/aromatic N) is 4. The standard InChI is InChI=1S/C21H28ClN5O4/c1-21(2,3)18(20(30)26-10-13(28)9-16(26)19(29)23-4)27-11-15(24-25-27)12-6-7-14(22)17(8-12)31-5/h6-8,11,13,16,18,28H,9-10H2,1-5H3,(H,23,29)/t13?,16?,18-/m1/s1. The smallest absolute Gasteiger partial charge is 0.248 e. The highest BCUT2D eigenvalue weighted by Crippen LogP contribution is 2.35. The lowest BCUT2D eigenvalue weighted by Gasteiger charge is -2.34. The van der Waals surface area contributed by atoms with Crippen molar-refractivity contribution in [1.29, 1.82) is 0 Å². The predicted octanol–water partition coefficient (Wildman–Crippen LogP) is 1.90. The molecule has 3 atom stereocenters. The molecule has 9 nitrogen and oxygen atoms in total. The molecule has 1 fully saturated rings. The van der Waals surface area contributed by atoms with Crippen molar-refractivity contribution in [3.05, 3.63) is 29.4 Å². The second-order valence-corrected chi connectivity index (χ2v) is 9.12. The van der Waals surface area contributed by atoms with E-state index in [-0.39, 0.29) is 24.8 Å². The maximum atomic E-state index is 13.6. The molecule has 0 aliphatic carbocycles. The molecule has 2 aromatic rings. The van der Waals surface area contributed by atoms with Crippen LogP contribution in [0.2, 0.25) is 5.02 Å². The Morgan fingerprint density at radius 3 is 2.68 bits per heavy atom. The molecule has 0 bridgehead atoms. The van der Waals surface area contributed by atoms with Gasteiger partial charge in [-0.2, -0.15) is 0 Å². The monoisotopic (exact) mass is 449 g/mol. The summed E-state index contributed by atoms with van der Waals surface area (Å²) in [7, 11) is 3.05. The number of β-amino-alcohol motifs (C(OH)–C–C–N with tert-alkyl or cyclic N) is 1. The van der Waals surface area contributed by atoms with Crippen molar-refractivity contribution in [1.82, 2.24) is 25.2 Å². The molecule has 168 valence electrons. The topological polar surface area (TPSA) is 110 Å². The molecule has 1 saturated heterocycles. The van der Waals surface area contributed by atoms with Crippen LogP contribution in [0.1, 0.15) is 33.2 Å². The Bertz CT molecular complexity index is 971. The summed E-state index contributed by atoms with van der Waals surface area (Å²) < 4.78 is 6.79. The Balaban J connectivity index is 1.96. The van der Waals surface area contributed by atoms with E-state index in [0.717, 1.165) is 5.56 Å². The number of ether oxygens (including phenoxy) is 1. The summed E-state index contributed by atoms with van der Waals surface area (Å²) in [5.41, 5.74) is 0.773. The highest BCUT2D eigenvalue weighted by Gasteiger charge is 2.45. The lowest BCUT2D eigenvalue weighted by atomic mass is 9.85. The summed E-state index contributed by atoms with van der Waals surface area (Å²) in [6, 6.07) is 3.82. The van der Waals surface area contributed by atoms with Crippen molar-refractivity contribution >= 4 is 23.4 Å². The van der Waals surface area contributed by atoms with E-state index in [2.05, 4.69) is 15.6 Å². The maximum Gasteiger partial charge on any atom is 0.248 e. The summed E-state index contributed by atoms with van der Waals surface area (Å²) in [4.78, 5) is 27.3. The van der Waals surface area contributed by atoms with Gasteiger partial charge in [-0.1, -0.05) is 43.7 Å². The van der Waals surface area contributed by atoms with E-state index >= 15 is 0 Å². The molecular weight excluding hydrogens is 422 g/mol. The third kappa shape index (κ3) is 4.67. The van der Waals surface area contributed by atoms with Crippen molar-refractivity contribution < 1.29 is 19.4 Å². The van der Waals surface area contributed by atoms with Gasteiger partial charge in [-0.25, -0.2) is 4.68 Å². The number of aromatic nitrogens is 3. The van der Waals surface area contributed by atoms with E-state index in [9.17, 15) is 14.7 Å². The minimum Gasteiger partial charge on any atom is -0.495 e. The van der Waals surface area contributed by atoms with Gasteiger partial charge >= 0.3 is 0 Å². The summed E-state index contributed by atoms with van der Waals surface area (Å²) >= 11 is 6.11. The fourth-order valence-electron chi connectivity index (χ4n) is 3.86. The van der Waals surface area contributed by atoms with Crippen molar-refractivity contribution in [2.45, 2.75) is 45.4 Å². The Morgan fingerprint density at radius 1 is 1.35 bits per heavy atom. The number of carbonyl (C=O) groups excluding carboxylic acids is 2. The lowest BCUT2D eigenvalue weighted by molar-refractivity contribution is -0.144. The molecule has 2 amide bonds. The molecule has 1 aliphatic heterocycles. The van der Waals surface area contributed by atoms with Crippen LogP contribution in [-0.2, 0) is 9.59 Å². The molecule has 0 radical (unpaired) electrons. The average molecular weight is 450 g/mol. The molecule has 0 saturated carbocycles. The minimum atomic E-state index is -0.750. The number of hydrogen-bond donors (Lipinski definition) is 2. The van der Waals surface area contributed by atoms with E-state index in [1.54, 1.807) is 24.4 Å². The van der Waals surface area contributed by atoms with Gasteiger partial charge in [0.25, 0.3) is 0 Å². The van der Waals surface area contributed by atoms with Gasteiger partial charge < -0.3 is 20.1 Å². The molecule has 2 heterocycles. The van der Waals surface area contributed by atoms with Crippen LogP contribution in [0.5, 0.6) is 5.75 Å². The van der Waals surface area contributed by atoms with E-state index in [1.807, 2.05) is 20.8 Å². The molecule has 1 aliphatic rings. The highest BCUT2D eigenvalue weighted by molar-refractivity contribution is 6.32. The lowest BCUT2D eigenvalue weighted by Crippen LogP contribution is -2.49. The van der Waals surface area contributed by atoms with Crippen molar-refractivity contribution in [2.75, 3.05) is 20.7 Å². The van der Waals surface area contributed by atoms with Crippen LogP contribution in [0.3, 0.4) is 0 Å². The molecule has 3 rings (SSSR count). The van der Waals surface area contributed by atoms with E-state index < -0.39 is 23.6 Å². The van der Waals surface area contributed by atoms with Crippen LogP contribution in [0.25, 0.3) is 11.3 Å². The Hall–Kier alpha value is -2.65. The zero-order valence-corrected chi connectivity index (χ0v) is 19.1. The van der Waals surface area contributed by atoms with Crippen molar-refractivity contribution in [2.24, 2.45) is 5.41 Å².